The third kappa shape index (κ3) is 3.06. The number of hydrogen-bond acceptors (Lipinski definition) is 6. The number of aromatic amines is 1. The SMILES string of the molecule is Cc1c(CC(C)N)sc2c(NCc3ncc[nH]3)nc(Cl)nc12. The average molecular weight is 337 g/mol. The van der Waals surface area contributed by atoms with Crippen LogP contribution in [-0.2, 0) is 13.0 Å². The third-order valence-electron chi connectivity index (χ3n) is 3.32. The number of fused-ring (bicyclic) bond motifs is 1. The summed E-state index contributed by atoms with van der Waals surface area (Å²) in [5.74, 6) is 1.57. The molecule has 4 N–H and O–H groups in total. The Bertz CT molecular complexity index is 780. The summed E-state index contributed by atoms with van der Waals surface area (Å²) in [6, 6.07) is 0.106. The Hall–Kier alpha value is -1.70. The van der Waals surface area contributed by atoms with Crippen molar-refractivity contribution in [2.45, 2.75) is 32.9 Å². The van der Waals surface area contributed by atoms with Crippen molar-refractivity contribution in [3.8, 4) is 0 Å². The first-order valence-corrected chi connectivity index (χ1v) is 8.17. The predicted octanol–water partition coefficient (Wildman–Crippen LogP) is 2.88. The predicted molar refractivity (Wildman–Crippen MR) is 90.4 cm³/mol. The van der Waals surface area contributed by atoms with Crippen LogP contribution in [0, 0.1) is 6.92 Å². The maximum absolute atomic E-state index is 6.07. The van der Waals surface area contributed by atoms with Gasteiger partial charge in [0.1, 0.15) is 11.6 Å². The second kappa shape index (κ2) is 6.20. The normalized spacial score (nSPS) is 12.7. The first-order valence-electron chi connectivity index (χ1n) is 6.98. The zero-order valence-corrected chi connectivity index (χ0v) is 13.9. The van der Waals surface area contributed by atoms with E-state index in [-0.39, 0.29) is 11.3 Å². The highest BCUT2D eigenvalue weighted by Gasteiger charge is 2.16. The van der Waals surface area contributed by atoms with Crippen LogP contribution in [0.5, 0.6) is 0 Å². The molecule has 0 radical (unpaired) electrons. The number of hydrogen-bond donors (Lipinski definition) is 3. The number of anilines is 1. The molecule has 3 aromatic heterocycles. The molecular formula is C14H17ClN6S. The Labute approximate surface area is 137 Å². The number of H-pyrrole nitrogens is 1. The highest BCUT2D eigenvalue weighted by Crippen LogP contribution is 2.35. The summed E-state index contributed by atoms with van der Waals surface area (Å²) in [4.78, 5) is 17.1. The van der Waals surface area contributed by atoms with Crippen molar-refractivity contribution in [2.24, 2.45) is 5.73 Å². The Balaban J connectivity index is 1.98. The number of thiophene rings is 1. The number of nitrogens with zero attached hydrogens (tertiary/aromatic N) is 3. The number of aromatic nitrogens is 4. The molecule has 0 saturated heterocycles. The molecule has 0 spiro atoms. The zero-order chi connectivity index (χ0) is 15.7. The number of halogens is 1. The smallest absolute Gasteiger partial charge is 0.224 e. The van der Waals surface area contributed by atoms with Crippen LogP contribution in [0.3, 0.4) is 0 Å². The van der Waals surface area contributed by atoms with Gasteiger partial charge in [-0.2, -0.15) is 4.98 Å². The maximum atomic E-state index is 6.07. The summed E-state index contributed by atoms with van der Waals surface area (Å²) in [6.45, 7) is 4.60. The van der Waals surface area contributed by atoms with Crippen LogP contribution < -0.4 is 11.1 Å². The first-order chi connectivity index (χ1) is 10.5. The minimum atomic E-state index is 0.106. The molecule has 0 amide bonds. The van der Waals surface area contributed by atoms with Gasteiger partial charge >= 0.3 is 0 Å². The highest BCUT2D eigenvalue weighted by molar-refractivity contribution is 7.19. The van der Waals surface area contributed by atoms with Crippen molar-refractivity contribution < 1.29 is 0 Å². The molecule has 0 saturated carbocycles. The Morgan fingerprint density at radius 2 is 2.27 bits per heavy atom. The molecular weight excluding hydrogens is 320 g/mol. The number of rotatable bonds is 5. The quantitative estimate of drug-likeness (QED) is 0.623. The van der Waals surface area contributed by atoms with E-state index in [1.807, 2.05) is 6.92 Å². The lowest BCUT2D eigenvalue weighted by Crippen LogP contribution is -2.17. The first kappa shape index (κ1) is 15.2. The van der Waals surface area contributed by atoms with E-state index in [1.54, 1.807) is 23.7 Å². The van der Waals surface area contributed by atoms with E-state index >= 15 is 0 Å². The molecule has 1 atom stereocenters. The summed E-state index contributed by atoms with van der Waals surface area (Å²) in [7, 11) is 0. The number of nitrogens with one attached hydrogen (secondary N) is 2. The van der Waals surface area contributed by atoms with Gasteiger partial charge in [0.25, 0.3) is 0 Å². The van der Waals surface area contributed by atoms with E-state index in [4.69, 9.17) is 17.3 Å². The van der Waals surface area contributed by atoms with E-state index in [9.17, 15) is 0 Å². The summed E-state index contributed by atoms with van der Waals surface area (Å²) in [5, 5.41) is 3.51. The van der Waals surface area contributed by atoms with Crippen LogP contribution in [0.2, 0.25) is 5.28 Å². The van der Waals surface area contributed by atoms with Gasteiger partial charge in [-0.05, 0) is 37.4 Å². The van der Waals surface area contributed by atoms with E-state index < -0.39 is 0 Å². The monoisotopic (exact) mass is 336 g/mol. The molecule has 6 nitrogen and oxygen atoms in total. The molecule has 3 rings (SSSR count). The Kier molecular flexibility index (Phi) is 4.28. The van der Waals surface area contributed by atoms with Crippen molar-refractivity contribution in [1.82, 2.24) is 19.9 Å². The van der Waals surface area contributed by atoms with E-state index in [0.29, 0.717) is 6.54 Å². The topological polar surface area (TPSA) is 92.5 Å². The van der Waals surface area contributed by atoms with Gasteiger partial charge in [0, 0.05) is 23.3 Å². The lowest BCUT2D eigenvalue weighted by molar-refractivity contribution is 0.744. The molecule has 8 heteroatoms. The van der Waals surface area contributed by atoms with Gasteiger partial charge in [-0.1, -0.05) is 0 Å². The second-order valence-electron chi connectivity index (χ2n) is 5.24. The van der Waals surface area contributed by atoms with Crippen LogP contribution >= 0.6 is 22.9 Å². The molecule has 0 bridgehead atoms. The van der Waals surface area contributed by atoms with Crippen LogP contribution in [-0.4, -0.2) is 26.0 Å². The van der Waals surface area contributed by atoms with Gasteiger partial charge in [-0.3, -0.25) is 0 Å². The minimum Gasteiger partial charge on any atom is -0.362 e. The molecule has 3 heterocycles. The molecule has 22 heavy (non-hydrogen) atoms. The van der Waals surface area contributed by atoms with Crippen molar-refractivity contribution >= 4 is 39.0 Å². The van der Waals surface area contributed by atoms with Gasteiger partial charge in [0.2, 0.25) is 5.28 Å². The summed E-state index contributed by atoms with van der Waals surface area (Å²) >= 11 is 7.73. The van der Waals surface area contributed by atoms with Crippen molar-refractivity contribution in [1.29, 1.82) is 0 Å². The molecule has 0 fully saturated rings. The van der Waals surface area contributed by atoms with Crippen molar-refractivity contribution in [2.75, 3.05) is 5.32 Å². The molecule has 0 aliphatic rings. The molecule has 116 valence electrons. The van der Waals surface area contributed by atoms with Gasteiger partial charge in [-0.15, -0.1) is 11.3 Å². The maximum Gasteiger partial charge on any atom is 0.224 e. The molecule has 0 aliphatic carbocycles. The molecule has 0 aromatic carbocycles. The van der Waals surface area contributed by atoms with Gasteiger partial charge in [0.15, 0.2) is 0 Å². The molecule has 3 aromatic rings. The molecule has 1 unspecified atom stereocenters. The standard InChI is InChI=1S/C14H17ClN6S/c1-7(16)5-9-8(2)11-12(22-9)13(21-14(15)20-11)19-6-10-17-3-4-18-10/h3-4,7H,5-6,16H2,1-2H3,(H,17,18)(H,19,20,21). The Morgan fingerprint density at radius 1 is 1.45 bits per heavy atom. The minimum absolute atomic E-state index is 0.106. The Morgan fingerprint density at radius 3 is 2.95 bits per heavy atom. The molecule has 0 aliphatic heterocycles. The van der Waals surface area contributed by atoms with Gasteiger partial charge in [-0.25, -0.2) is 9.97 Å². The number of nitrogens with two attached hydrogens (primary N) is 1. The fourth-order valence-electron chi connectivity index (χ4n) is 2.27. The average Bonchev–Trinajstić information content (AvgIpc) is 3.07. The fraction of sp³-hybridized carbons (Fsp3) is 0.357. The third-order valence-corrected chi connectivity index (χ3v) is 4.80. The van der Waals surface area contributed by atoms with Crippen molar-refractivity contribution in [3.63, 3.8) is 0 Å². The van der Waals surface area contributed by atoms with Gasteiger partial charge in [0.05, 0.1) is 16.8 Å². The van der Waals surface area contributed by atoms with Crippen molar-refractivity contribution in [3.05, 3.63) is 33.9 Å². The zero-order valence-electron chi connectivity index (χ0n) is 12.4. The lowest BCUT2D eigenvalue weighted by Gasteiger charge is -2.05. The van der Waals surface area contributed by atoms with Crippen LogP contribution in [0.1, 0.15) is 23.2 Å². The van der Waals surface area contributed by atoms with Crippen LogP contribution in [0.25, 0.3) is 10.2 Å². The van der Waals surface area contributed by atoms with Crippen LogP contribution in [0.4, 0.5) is 5.82 Å². The summed E-state index contributed by atoms with van der Waals surface area (Å²) in [5.41, 5.74) is 7.94. The van der Waals surface area contributed by atoms with Crippen LogP contribution in [0.15, 0.2) is 12.4 Å². The largest absolute Gasteiger partial charge is 0.362 e. The van der Waals surface area contributed by atoms with E-state index in [1.165, 1.54) is 4.88 Å². The highest BCUT2D eigenvalue weighted by atomic mass is 35.5. The fourth-order valence-corrected chi connectivity index (χ4v) is 3.80. The van der Waals surface area contributed by atoms with E-state index in [2.05, 4.69) is 32.2 Å². The second-order valence-corrected chi connectivity index (χ2v) is 6.68. The summed E-state index contributed by atoms with van der Waals surface area (Å²) in [6.07, 6.45) is 4.33. The number of aryl methyl sites for hydroxylation is 1. The number of imidazole rings is 1. The lowest BCUT2D eigenvalue weighted by atomic mass is 10.1. The van der Waals surface area contributed by atoms with E-state index in [0.717, 1.165) is 33.8 Å². The van der Waals surface area contributed by atoms with Gasteiger partial charge < -0.3 is 16.0 Å². The summed E-state index contributed by atoms with van der Waals surface area (Å²) < 4.78 is 1.00.